The lowest BCUT2D eigenvalue weighted by molar-refractivity contribution is -0.0162. The quantitative estimate of drug-likeness (QED) is 0.767. The maximum Gasteiger partial charge on any atom is 0.119 e. The molecule has 1 unspecified atom stereocenters. The van der Waals surface area contributed by atoms with Gasteiger partial charge in [-0.15, -0.1) is 0 Å². The molecule has 1 aromatic carbocycles. The second kappa shape index (κ2) is 5.69. The van der Waals surface area contributed by atoms with Crippen LogP contribution in [0.4, 0.5) is 0 Å². The summed E-state index contributed by atoms with van der Waals surface area (Å²) in [6.07, 6.45) is 2.08. The van der Waals surface area contributed by atoms with Crippen molar-refractivity contribution >= 4 is 0 Å². The van der Waals surface area contributed by atoms with E-state index in [0.29, 0.717) is 12.5 Å². The first-order chi connectivity index (χ1) is 8.68. The highest BCUT2D eigenvalue weighted by atomic mass is 16.5. The Labute approximate surface area is 108 Å². The Hall–Kier alpha value is -1.10. The van der Waals surface area contributed by atoms with Crippen molar-refractivity contribution in [2.45, 2.75) is 25.0 Å². The van der Waals surface area contributed by atoms with Gasteiger partial charge in [0.05, 0.1) is 6.61 Å². The van der Waals surface area contributed by atoms with E-state index >= 15 is 0 Å². The third-order valence-corrected chi connectivity index (χ3v) is 3.39. The minimum Gasteiger partial charge on any atom is -0.491 e. The van der Waals surface area contributed by atoms with Crippen LogP contribution in [0.2, 0.25) is 0 Å². The van der Waals surface area contributed by atoms with E-state index in [9.17, 15) is 5.11 Å². The smallest absolute Gasteiger partial charge is 0.119 e. The van der Waals surface area contributed by atoms with Crippen LogP contribution in [0, 0.1) is 5.92 Å². The van der Waals surface area contributed by atoms with Gasteiger partial charge in [0.2, 0.25) is 0 Å². The normalized spacial score (nSPS) is 18.4. The van der Waals surface area contributed by atoms with Gasteiger partial charge in [-0.1, -0.05) is 12.1 Å². The lowest BCUT2D eigenvalue weighted by Crippen LogP contribution is -2.45. The van der Waals surface area contributed by atoms with Gasteiger partial charge >= 0.3 is 0 Å². The number of methoxy groups -OCH3 is 1. The molecule has 0 radical (unpaired) electrons. The van der Waals surface area contributed by atoms with Crippen molar-refractivity contribution in [3.05, 3.63) is 29.8 Å². The summed E-state index contributed by atoms with van der Waals surface area (Å²) < 4.78 is 10.7. The average molecular weight is 251 g/mol. The summed E-state index contributed by atoms with van der Waals surface area (Å²) >= 11 is 0. The first-order valence-corrected chi connectivity index (χ1v) is 6.31. The molecule has 100 valence electrons. The van der Waals surface area contributed by atoms with E-state index < -0.39 is 5.60 Å². The Morgan fingerprint density at radius 2 is 2.22 bits per heavy atom. The highest BCUT2D eigenvalue weighted by Gasteiger charge is 2.43. The minimum absolute atomic E-state index is 0.245. The molecular weight excluding hydrogens is 230 g/mol. The molecule has 1 aliphatic rings. The van der Waals surface area contributed by atoms with Gasteiger partial charge in [-0.25, -0.2) is 0 Å². The molecule has 0 saturated heterocycles. The zero-order valence-corrected chi connectivity index (χ0v) is 10.8. The molecule has 0 bridgehead atoms. The summed E-state index contributed by atoms with van der Waals surface area (Å²) in [5.41, 5.74) is 5.82. The lowest BCUT2D eigenvalue weighted by atomic mass is 9.99. The van der Waals surface area contributed by atoms with Crippen LogP contribution in [0.25, 0.3) is 0 Å². The van der Waals surface area contributed by atoms with Crippen LogP contribution >= 0.6 is 0 Å². The van der Waals surface area contributed by atoms with Crippen molar-refractivity contribution in [2.24, 2.45) is 11.7 Å². The van der Waals surface area contributed by atoms with Gasteiger partial charge in [-0.2, -0.15) is 0 Å². The highest BCUT2D eigenvalue weighted by Crippen LogP contribution is 2.39. The van der Waals surface area contributed by atoms with E-state index in [2.05, 4.69) is 0 Å². The predicted molar refractivity (Wildman–Crippen MR) is 69.4 cm³/mol. The van der Waals surface area contributed by atoms with Crippen molar-refractivity contribution in [3.8, 4) is 5.75 Å². The molecule has 1 saturated carbocycles. The Balaban J connectivity index is 1.94. The highest BCUT2D eigenvalue weighted by molar-refractivity contribution is 5.28. The van der Waals surface area contributed by atoms with Crippen LogP contribution in [0.5, 0.6) is 5.75 Å². The largest absolute Gasteiger partial charge is 0.491 e. The maximum atomic E-state index is 10.3. The predicted octanol–water partition coefficient (Wildman–Crippen LogP) is 1.31. The molecule has 3 N–H and O–H groups in total. The monoisotopic (exact) mass is 251 g/mol. The van der Waals surface area contributed by atoms with E-state index in [1.807, 2.05) is 24.3 Å². The van der Waals surface area contributed by atoms with E-state index in [0.717, 1.165) is 24.2 Å². The van der Waals surface area contributed by atoms with Crippen molar-refractivity contribution in [2.75, 3.05) is 20.3 Å². The van der Waals surface area contributed by atoms with Crippen molar-refractivity contribution in [1.82, 2.24) is 0 Å². The molecule has 18 heavy (non-hydrogen) atoms. The molecule has 4 nitrogen and oxygen atoms in total. The third kappa shape index (κ3) is 3.22. The number of benzene rings is 1. The topological polar surface area (TPSA) is 64.7 Å². The fourth-order valence-electron chi connectivity index (χ4n) is 2.06. The van der Waals surface area contributed by atoms with Gasteiger partial charge in [0.1, 0.15) is 18.0 Å². The van der Waals surface area contributed by atoms with Crippen LogP contribution in [-0.4, -0.2) is 31.0 Å². The Morgan fingerprint density at radius 3 is 2.83 bits per heavy atom. The zero-order valence-electron chi connectivity index (χ0n) is 10.8. The number of hydrogen-bond donors (Lipinski definition) is 2. The van der Waals surface area contributed by atoms with Crippen LogP contribution in [0.3, 0.4) is 0 Å². The fraction of sp³-hybridized carbons (Fsp3) is 0.571. The SMILES string of the molecule is COCc1cccc(OCC(O)(CN)C2CC2)c1. The summed E-state index contributed by atoms with van der Waals surface area (Å²) in [6.45, 7) is 1.06. The van der Waals surface area contributed by atoms with E-state index in [1.165, 1.54) is 0 Å². The standard InChI is InChI=1S/C14H21NO3/c1-17-8-11-3-2-4-13(7-11)18-10-14(16,9-15)12-5-6-12/h2-4,7,12,16H,5-6,8-10,15H2,1H3. The number of nitrogens with two attached hydrogens (primary N) is 1. The molecule has 2 rings (SSSR count). The first-order valence-electron chi connectivity index (χ1n) is 6.31. The third-order valence-electron chi connectivity index (χ3n) is 3.39. The molecule has 1 atom stereocenters. The van der Waals surface area contributed by atoms with Gasteiger partial charge in [-0.05, 0) is 36.5 Å². The van der Waals surface area contributed by atoms with Crippen molar-refractivity contribution in [1.29, 1.82) is 0 Å². The summed E-state index contributed by atoms with van der Waals surface area (Å²) in [5, 5.41) is 10.3. The molecule has 0 spiro atoms. The van der Waals surface area contributed by atoms with Gasteiger partial charge in [0.15, 0.2) is 0 Å². The Morgan fingerprint density at radius 1 is 1.44 bits per heavy atom. The summed E-state index contributed by atoms with van der Waals surface area (Å²) in [5.74, 6) is 1.04. The molecule has 1 aromatic rings. The second-order valence-electron chi connectivity index (χ2n) is 4.95. The van der Waals surface area contributed by atoms with Crippen molar-refractivity contribution in [3.63, 3.8) is 0 Å². The summed E-state index contributed by atoms with van der Waals surface area (Å²) in [4.78, 5) is 0. The summed E-state index contributed by atoms with van der Waals surface area (Å²) in [7, 11) is 1.66. The van der Waals surface area contributed by atoms with Gasteiger partial charge in [0, 0.05) is 13.7 Å². The molecule has 4 heteroatoms. The second-order valence-corrected chi connectivity index (χ2v) is 4.95. The number of hydrogen-bond acceptors (Lipinski definition) is 4. The number of aliphatic hydroxyl groups is 1. The molecule has 1 fully saturated rings. The van der Waals surface area contributed by atoms with Gasteiger partial charge < -0.3 is 20.3 Å². The molecule has 1 aliphatic carbocycles. The Kier molecular flexibility index (Phi) is 4.22. The maximum absolute atomic E-state index is 10.3. The number of rotatable bonds is 7. The summed E-state index contributed by atoms with van der Waals surface area (Å²) in [6, 6.07) is 7.70. The molecule has 0 heterocycles. The van der Waals surface area contributed by atoms with Crippen molar-refractivity contribution < 1.29 is 14.6 Å². The van der Waals surface area contributed by atoms with E-state index in [4.69, 9.17) is 15.2 Å². The zero-order chi connectivity index (χ0) is 13.0. The molecule has 0 aromatic heterocycles. The van der Waals surface area contributed by atoms with Gasteiger partial charge in [-0.3, -0.25) is 0 Å². The molecule has 0 amide bonds. The average Bonchev–Trinajstić information content (AvgIpc) is 3.22. The van der Waals surface area contributed by atoms with E-state index in [1.54, 1.807) is 7.11 Å². The molecule has 0 aliphatic heterocycles. The van der Waals surface area contributed by atoms with E-state index in [-0.39, 0.29) is 13.2 Å². The van der Waals surface area contributed by atoms with Crippen LogP contribution in [0.15, 0.2) is 24.3 Å². The first kappa shape index (κ1) is 13.3. The van der Waals surface area contributed by atoms with Crippen LogP contribution < -0.4 is 10.5 Å². The van der Waals surface area contributed by atoms with Crippen LogP contribution in [0.1, 0.15) is 18.4 Å². The van der Waals surface area contributed by atoms with Gasteiger partial charge in [0.25, 0.3) is 0 Å². The van der Waals surface area contributed by atoms with Crippen LogP contribution in [-0.2, 0) is 11.3 Å². The fourth-order valence-corrected chi connectivity index (χ4v) is 2.06. The molecular formula is C14H21NO3. The minimum atomic E-state index is -0.878. The Bertz CT molecular complexity index is 392. The lowest BCUT2D eigenvalue weighted by Gasteiger charge is -2.26. The number of ether oxygens (including phenoxy) is 2.